The monoisotopic (exact) mass is 519 g/mol. The first-order chi connectivity index (χ1) is 17.7. The number of carbonyl (C=O) groups is 1. The molecule has 0 bridgehead atoms. The summed E-state index contributed by atoms with van der Waals surface area (Å²) in [4.78, 5) is 34.2. The fourth-order valence-electron chi connectivity index (χ4n) is 4.89. The van der Waals surface area contributed by atoms with Crippen molar-refractivity contribution < 1.29 is 22.7 Å². The molecule has 0 aliphatic carbocycles. The van der Waals surface area contributed by atoms with Gasteiger partial charge in [0.15, 0.2) is 0 Å². The average Bonchev–Trinajstić information content (AvgIpc) is 3.38. The summed E-state index contributed by atoms with van der Waals surface area (Å²) in [6.45, 7) is 4.55. The number of nitriles is 1. The van der Waals surface area contributed by atoms with Crippen LogP contribution < -0.4 is 15.4 Å². The summed E-state index contributed by atoms with van der Waals surface area (Å²) in [6, 6.07) is 5.16. The van der Waals surface area contributed by atoms with Gasteiger partial charge in [-0.15, -0.1) is 0 Å². The van der Waals surface area contributed by atoms with E-state index in [4.69, 9.17) is 10.00 Å². The Bertz CT molecular complexity index is 1190. The predicted octanol–water partition coefficient (Wildman–Crippen LogP) is 2.17. The standard InChI is InChI=1S/C24H28F3N7O3/c1-16(18-3-2-7-34(18)19-15-30-31-23(36)22(19)24(25,26)27)37-12-6-21(35)33-10-8-32(9-11-33)20-5-4-17(13-28)14-29-20/h4-5,14-16,18H,2-3,6-12H2,1H3,(H,31,36)/t16-,18-/m0/s1. The predicted molar refractivity (Wildman–Crippen MR) is 128 cm³/mol. The van der Waals surface area contributed by atoms with E-state index in [1.807, 2.05) is 11.2 Å². The maximum absolute atomic E-state index is 13.5. The summed E-state index contributed by atoms with van der Waals surface area (Å²) in [6.07, 6.45) is -1.29. The van der Waals surface area contributed by atoms with Gasteiger partial charge < -0.3 is 19.4 Å². The van der Waals surface area contributed by atoms with Crippen LogP contribution in [-0.2, 0) is 15.7 Å². The number of aromatic nitrogens is 3. The summed E-state index contributed by atoms with van der Waals surface area (Å²) in [5.74, 6) is 0.703. The molecule has 2 saturated heterocycles. The second-order valence-electron chi connectivity index (χ2n) is 9.07. The Hall–Kier alpha value is -3.66. The fourth-order valence-corrected chi connectivity index (χ4v) is 4.89. The molecule has 37 heavy (non-hydrogen) atoms. The molecule has 2 atom stereocenters. The Morgan fingerprint density at radius 3 is 2.65 bits per heavy atom. The van der Waals surface area contributed by atoms with E-state index < -0.39 is 23.4 Å². The van der Waals surface area contributed by atoms with Gasteiger partial charge in [0, 0.05) is 38.9 Å². The van der Waals surface area contributed by atoms with Crippen LogP contribution in [0.2, 0.25) is 0 Å². The molecular weight excluding hydrogens is 491 g/mol. The normalized spacial score (nSPS) is 19.1. The molecule has 13 heteroatoms. The number of amides is 1. The minimum Gasteiger partial charge on any atom is -0.376 e. The molecule has 198 valence electrons. The van der Waals surface area contributed by atoms with Crippen molar-refractivity contribution in [3.8, 4) is 6.07 Å². The molecule has 0 unspecified atom stereocenters. The Balaban J connectivity index is 1.28. The van der Waals surface area contributed by atoms with Crippen LogP contribution in [0, 0.1) is 11.3 Å². The molecule has 4 heterocycles. The topological polar surface area (TPSA) is 118 Å². The van der Waals surface area contributed by atoms with Gasteiger partial charge in [-0.2, -0.15) is 23.5 Å². The highest BCUT2D eigenvalue weighted by Crippen LogP contribution is 2.37. The first kappa shape index (κ1) is 26.4. The molecule has 2 aromatic rings. The molecule has 10 nitrogen and oxygen atoms in total. The van der Waals surface area contributed by atoms with Gasteiger partial charge in [-0.1, -0.05) is 0 Å². The van der Waals surface area contributed by atoms with Crippen molar-refractivity contribution >= 4 is 17.4 Å². The minimum atomic E-state index is -4.81. The fraction of sp³-hybridized carbons (Fsp3) is 0.542. The van der Waals surface area contributed by atoms with Crippen LogP contribution >= 0.6 is 0 Å². The first-order valence-electron chi connectivity index (χ1n) is 12.1. The molecule has 0 saturated carbocycles. The zero-order chi connectivity index (χ0) is 26.6. The van der Waals surface area contributed by atoms with Crippen LogP contribution in [-0.4, -0.2) is 77.5 Å². The molecule has 2 aliphatic rings. The molecular formula is C24H28F3N7O3. The average molecular weight is 520 g/mol. The number of anilines is 2. The number of H-pyrrole nitrogens is 1. The van der Waals surface area contributed by atoms with E-state index in [0.29, 0.717) is 51.1 Å². The summed E-state index contributed by atoms with van der Waals surface area (Å²) in [7, 11) is 0. The van der Waals surface area contributed by atoms with Crippen LogP contribution in [0.25, 0.3) is 0 Å². The zero-order valence-electron chi connectivity index (χ0n) is 20.4. The van der Waals surface area contributed by atoms with Crippen molar-refractivity contribution in [2.75, 3.05) is 49.1 Å². The summed E-state index contributed by atoms with van der Waals surface area (Å²) < 4.78 is 46.5. The number of nitrogens with zero attached hydrogens (tertiary/aromatic N) is 6. The number of nitrogens with one attached hydrogen (secondary N) is 1. The van der Waals surface area contributed by atoms with Crippen LogP contribution in [0.1, 0.15) is 37.3 Å². The second kappa shape index (κ2) is 11.2. The largest absolute Gasteiger partial charge is 0.423 e. The van der Waals surface area contributed by atoms with Crippen LogP contribution in [0.3, 0.4) is 0 Å². The van der Waals surface area contributed by atoms with Gasteiger partial charge in [0.25, 0.3) is 5.56 Å². The Kier molecular flexibility index (Phi) is 7.97. The molecule has 1 N–H and O–H groups in total. The molecule has 4 rings (SSSR count). The van der Waals surface area contributed by atoms with Gasteiger partial charge in [-0.3, -0.25) is 9.59 Å². The zero-order valence-corrected chi connectivity index (χ0v) is 20.4. The highest BCUT2D eigenvalue weighted by atomic mass is 19.4. The van der Waals surface area contributed by atoms with E-state index in [-0.39, 0.29) is 30.7 Å². The Labute approximate surface area is 211 Å². The lowest BCUT2D eigenvalue weighted by Gasteiger charge is -2.35. The highest BCUT2D eigenvalue weighted by Gasteiger charge is 2.41. The molecule has 2 aliphatic heterocycles. The number of ether oxygens (including phenoxy) is 1. The van der Waals surface area contributed by atoms with Crippen molar-refractivity contribution in [2.24, 2.45) is 0 Å². The van der Waals surface area contributed by atoms with Gasteiger partial charge in [-0.05, 0) is 31.9 Å². The summed E-state index contributed by atoms with van der Waals surface area (Å²) >= 11 is 0. The third-order valence-electron chi connectivity index (χ3n) is 6.80. The number of rotatable bonds is 7. The SMILES string of the molecule is C[C@H](OCCC(=O)N1CCN(c2ccc(C#N)cn2)CC1)[C@@H]1CCCN1c1cn[nH]c(=O)c1C(F)(F)F. The van der Waals surface area contributed by atoms with E-state index in [2.05, 4.69) is 15.0 Å². The number of hydrogen-bond acceptors (Lipinski definition) is 8. The van der Waals surface area contributed by atoms with Crippen molar-refractivity contribution in [3.63, 3.8) is 0 Å². The van der Waals surface area contributed by atoms with Gasteiger partial charge in [0.1, 0.15) is 17.5 Å². The third kappa shape index (κ3) is 6.02. The lowest BCUT2D eigenvalue weighted by atomic mass is 10.1. The van der Waals surface area contributed by atoms with Gasteiger partial charge in [0.05, 0.1) is 42.6 Å². The Morgan fingerprint density at radius 2 is 2.00 bits per heavy atom. The number of aromatic amines is 1. The molecule has 0 aromatic carbocycles. The minimum absolute atomic E-state index is 0.0546. The smallest absolute Gasteiger partial charge is 0.376 e. The number of hydrogen-bond donors (Lipinski definition) is 1. The van der Waals surface area contributed by atoms with Gasteiger partial charge in [-0.25, -0.2) is 10.1 Å². The third-order valence-corrected chi connectivity index (χ3v) is 6.80. The molecule has 1 amide bonds. The van der Waals surface area contributed by atoms with Crippen LogP contribution in [0.15, 0.2) is 29.3 Å². The number of pyridine rings is 1. The summed E-state index contributed by atoms with van der Waals surface area (Å²) in [5.41, 5.74) is -2.29. The molecule has 2 fully saturated rings. The van der Waals surface area contributed by atoms with E-state index in [9.17, 15) is 22.8 Å². The van der Waals surface area contributed by atoms with Crippen molar-refractivity contribution in [1.82, 2.24) is 20.1 Å². The molecule has 0 spiro atoms. The maximum Gasteiger partial charge on any atom is 0.423 e. The van der Waals surface area contributed by atoms with Crippen LogP contribution in [0.5, 0.6) is 0 Å². The van der Waals surface area contributed by atoms with Gasteiger partial charge >= 0.3 is 6.18 Å². The quantitative estimate of drug-likeness (QED) is 0.592. The van der Waals surface area contributed by atoms with E-state index in [1.165, 1.54) is 11.1 Å². The molecule has 0 radical (unpaired) electrons. The van der Waals surface area contributed by atoms with Crippen LogP contribution in [0.4, 0.5) is 24.7 Å². The lowest BCUT2D eigenvalue weighted by molar-refractivity contribution is -0.138. The van der Waals surface area contributed by atoms with E-state index in [0.717, 1.165) is 12.0 Å². The lowest BCUT2D eigenvalue weighted by Crippen LogP contribution is -2.49. The van der Waals surface area contributed by atoms with Crippen molar-refractivity contribution in [2.45, 2.75) is 44.5 Å². The maximum atomic E-state index is 13.5. The second-order valence-corrected chi connectivity index (χ2v) is 9.07. The summed E-state index contributed by atoms with van der Waals surface area (Å²) in [5, 5.41) is 14.3. The Morgan fingerprint density at radius 1 is 1.24 bits per heavy atom. The van der Waals surface area contributed by atoms with E-state index in [1.54, 1.807) is 24.0 Å². The van der Waals surface area contributed by atoms with E-state index >= 15 is 0 Å². The number of carbonyl (C=O) groups excluding carboxylic acids is 1. The number of halogens is 3. The molecule has 2 aromatic heterocycles. The number of piperazine rings is 1. The highest BCUT2D eigenvalue weighted by molar-refractivity contribution is 5.76. The number of alkyl halides is 3. The first-order valence-corrected chi connectivity index (χ1v) is 12.1. The van der Waals surface area contributed by atoms with Crippen molar-refractivity contribution in [1.29, 1.82) is 5.26 Å². The van der Waals surface area contributed by atoms with Gasteiger partial charge in [0.2, 0.25) is 5.91 Å². The van der Waals surface area contributed by atoms with Crippen molar-refractivity contribution in [3.05, 3.63) is 46.0 Å².